The van der Waals surface area contributed by atoms with Crippen molar-refractivity contribution in [3.8, 4) is 11.8 Å². The lowest BCUT2D eigenvalue weighted by Crippen LogP contribution is -1.93. The Hall–Kier alpha value is -1.76. The van der Waals surface area contributed by atoms with Crippen LogP contribution in [0.2, 0.25) is 0 Å². The highest BCUT2D eigenvalue weighted by Gasteiger charge is 2.03. The lowest BCUT2D eigenvalue weighted by atomic mass is 10.1. The average Bonchev–Trinajstić information content (AvgIpc) is 2.45. The maximum Gasteiger partial charge on any atom is 0.128 e. The van der Waals surface area contributed by atoms with Gasteiger partial charge in [-0.1, -0.05) is 36.1 Å². The first-order chi connectivity index (χ1) is 9.29. The van der Waals surface area contributed by atoms with E-state index in [4.69, 9.17) is 5.73 Å². The van der Waals surface area contributed by atoms with Crippen LogP contribution in [0.5, 0.6) is 0 Å². The van der Waals surface area contributed by atoms with E-state index in [2.05, 4.69) is 11.8 Å². The number of rotatable bonds is 3. The first-order valence-electron chi connectivity index (χ1n) is 5.95. The van der Waals surface area contributed by atoms with Gasteiger partial charge in [-0.15, -0.1) is 11.8 Å². The predicted molar refractivity (Wildman–Crippen MR) is 78.3 cm³/mol. The fourth-order valence-corrected chi connectivity index (χ4v) is 2.48. The molecule has 0 aromatic heterocycles. The Balaban J connectivity index is 2.05. The molecule has 0 unspecified atom stereocenters. The smallest absolute Gasteiger partial charge is 0.128 e. The molecule has 0 heterocycles. The highest BCUT2D eigenvalue weighted by atomic mass is 32.2. The third-order valence-electron chi connectivity index (χ3n) is 2.53. The summed E-state index contributed by atoms with van der Waals surface area (Å²) in [4.78, 5) is 1.13. The molecule has 0 amide bonds. The van der Waals surface area contributed by atoms with Crippen LogP contribution >= 0.6 is 11.8 Å². The summed E-state index contributed by atoms with van der Waals surface area (Å²) in [7, 11) is 0. The van der Waals surface area contributed by atoms with Gasteiger partial charge in [0.2, 0.25) is 0 Å². The molecule has 3 heteroatoms. The van der Waals surface area contributed by atoms with Gasteiger partial charge in [-0.2, -0.15) is 0 Å². The minimum Gasteiger partial charge on any atom is -0.320 e. The molecular weight excluding hydrogens is 257 g/mol. The van der Waals surface area contributed by atoms with Gasteiger partial charge < -0.3 is 5.73 Å². The number of nitrogens with two attached hydrogens (primary N) is 1. The van der Waals surface area contributed by atoms with E-state index in [0.717, 1.165) is 4.90 Å². The van der Waals surface area contributed by atoms with Crippen LogP contribution in [0, 0.1) is 17.7 Å². The fraction of sp³-hybridized carbons (Fsp3) is 0.125. The number of halogens is 1. The molecule has 2 N–H and O–H groups in total. The number of benzene rings is 2. The Labute approximate surface area is 117 Å². The van der Waals surface area contributed by atoms with Gasteiger partial charge in [0.25, 0.3) is 0 Å². The van der Waals surface area contributed by atoms with E-state index in [9.17, 15) is 4.39 Å². The quantitative estimate of drug-likeness (QED) is 0.683. The van der Waals surface area contributed by atoms with Crippen LogP contribution in [0.15, 0.2) is 53.4 Å². The molecule has 19 heavy (non-hydrogen) atoms. The first-order valence-corrected chi connectivity index (χ1v) is 6.93. The van der Waals surface area contributed by atoms with Gasteiger partial charge in [-0.25, -0.2) is 4.39 Å². The summed E-state index contributed by atoms with van der Waals surface area (Å²) in [5.41, 5.74) is 6.64. The Kier molecular flexibility index (Phi) is 5.02. The maximum atomic E-state index is 13.9. The van der Waals surface area contributed by atoms with Crippen LogP contribution in [-0.2, 0) is 5.75 Å². The molecule has 0 radical (unpaired) electrons. The molecule has 1 nitrogen and oxygen atoms in total. The van der Waals surface area contributed by atoms with Gasteiger partial charge in [0.15, 0.2) is 0 Å². The molecular formula is C16H14FNS. The van der Waals surface area contributed by atoms with Crippen molar-refractivity contribution in [3.05, 3.63) is 65.5 Å². The van der Waals surface area contributed by atoms with Crippen molar-refractivity contribution in [3.63, 3.8) is 0 Å². The molecule has 0 atom stereocenters. The second-order valence-electron chi connectivity index (χ2n) is 3.91. The summed E-state index contributed by atoms with van der Waals surface area (Å²) in [6.45, 7) is 0.285. The summed E-state index contributed by atoms with van der Waals surface area (Å²) in [6, 6.07) is 15.0. The van der Waals surface area contributed by atoms with E-state index in [-0.39, 0.29) is 12.4 Å². The normalized spacial score (nSPS) is 9.79. The van der Waals surface area contributed by atoms with Crippen LogP contribution in [0.1, 0.15) is 11.1 Å². The monoisotopic (exact) mass is 271 g/mol. The summed E-state index contributed by atoms with van der Waals surface area (Å²) in [6.07, 6.45) is 0. The minimum absolute atomic E-state index is 0.216. The van der Waals surface area contributed by atoms with Crippen LogP contribution in [0.4, 0.5) is 4.39 Å². The lowest BCUT2D eigenvalue weighted by molar-refractivity contribution is 0.617. The third kappa shape index (κ3) is 4.13. The molecule has 0 bridgehead atoms. The summed E-state index contributed by atoms with van der Waals surface area (Å²) in [5, 5.41) is 0. The molecule has 96 valence electrons. The fourth-order valence-electron chi connectivity index (χ4n) is 1.57. The molecule has 0 fully saturated rings. The molecule has 2 aromatic rings. The van der Waals surface area contributed by atoms with Gasteiger partial charge in [0.05, 0.1) is 6.54 Å². The van der Waals surface area contributed by atoms with E-state index in [1.165, 1.54) is 6.07 Å². The zero-order chi connectivity index (χ0) is 13.5. The molecule has 0 aliphatic rings. The Bertz CT molecular complexity index is 599. The molecule has 0 aliphatic heterocycles. The Morgan fingerprint density at radius 3 is 2.58 bits per heavy atom. The zero-order valence-electron chi connectivity index (χ0n) is 10.4. The van der Waals surface area contributed by atoms with Crippen LogP contribution in [0.25, 0.3) is 0 Å². The first kappa shape index (κ1) is 13.7. The highest BCUT2D eigenvalue weighted by Crippen LogP contribution is 2.24. The largest absolute Gasteiger partial charge is 0.320 e. The molecule has 0 spiro atoms. The van der Waals surface area contributed by atoms with E-state index in [1.807, 2.05) is 36.4 Å². The summed E-state index contributed by atoms with van der Waals surface area (Å²) >= 11 is 1.62. The molecule has 0 saturated heterocycles. The van der Waals surface area contributed by atoms with Crippen LogP contribution < -0.4 is 5.73 Å². The van der Waals surface area contributed by atoms with E-state index >= 15 is 0 Å². The van der Waals surface area contributed by atoms with Crippen molar-refractivity contribution in [2.75, 3.05) is 6.54 Å². The maximum absolute atomic E-state index is 13.9. The van der Waals surface area contributed by atoms with Crippen molar-refractivity contribution in [1.82, 2.24) is 0 Å². The van der Waals surface area contributed by atoms with Crippen molar-refractivity contribution >= 4 is 11.8 Å². The number of thioether (sulfide) groups is 1. The van der Waals surface area contributed by atoms with Crippen molar-refractivity contribution < 1.29 is 4.39 Å². The topological polar surface area (TPSA) is 26.0 Å². The Morgan fingerprint density at radius 2 is 1.89 bits per heavy atom. The van der Waals surface area contributed by atoms with Gasteiger partial charge in [-0.3, -0.25) is 0 Å². The highest BCUT2D eigenvalue weighted by molar-refractivity contribution is 7.98. The third-order valence-corrected chi connectivity index (χ3v) is 3.59. The minimum atomic E-state index is -0.216. The van der Waals surface area contributed by atoms with Gasteiger partial charge in [0.1, 0.15) is 5.82 Å². The van der Waals surface area contributed by atoms with Gasteiger partial charge >= 0.3 is 0 Å². The molecule has 2 aromatic carbocycles. The SMILES string of the molecule is NCC#Cc1ccc(CSc2ccccc2)c(F)c1. The summed E-state index contributed by atoms with van der Waals surface area (Å²) < 4.78 is 13.9. The van der Waals surface area contributed by atoms with Crippen molar-refractivity contribution in [2.24, 2.45) is 5.73 Å². The standard InChI is InChI=1S/C16H14FNS/c17-16-11-13(5-4-10-18)8-9-14(16)12-19-15-6-2-1-3-7-15/h1-3,6-9,11H,10,12,18H2. The lowest BCUT2D eigenvalue weighted by Gasteiger charge is -2.04. The zero-order valence-corrected chi connectivity index (χ0v) is 11.2. The Morgan fingerprint density at radius 1 is 1.11 bits per heavy atom. The van der Waals surface area contributed by atoms with Gasteiger partial charge in [-0.05, 0) is 29.8 Å². The second kappa shape index (κ2) is 6.98. The van der Waals surface area contributed by atoms with E-state index in [0.29, 0.717) is 16.9 Å². The van der Waals surface area contributed by atoms with Crippen molar-refractivity contribution in [2.45, 2.75) is 10.6 Å². The average molecular weight is 271 g/mol. The second-order valence-corrected chi connectivity index (χ2v) is 4.96. The van der Waals surface area contributed by atoms with Crippen LogP contribution in [0.3, 0.4) is 0 Å². The molecule has 0 aliphatic carbocycles. The van der Waals surface area contributed by atoms with Gasteiger partial charge in [0, 0.05) is 16.2 Å². The summed E-state index contributed by atoms with van der Waals surface area (Å²) in [5.74, 6) is 5.94. The number of hydrogen-bond acceptors (Lipinski definition) is 2. The van der Waals surface area contributed by atoms with E-state index < -0.39 is 0 Å². The number of hydrogen-bond donors (Lipinski definition) is 1. The molecule has 2 rings (SSSR count). The van der Waals surface area contributed by atoms with Crippen LogP contribution in [-0.4, -0.2) is 6.54 Å². The van der Waals surface area contributed by atoms with E-state index in [1.54, 1.807) is 17.8 Å². The van der Waals surface area contributed by atoms with Crippen molar-refractivity contribution in [1.29, 1.82) is 0 Å². The molecule has 0 saturated carbocycles. The predicted octanol–water partition coefficient (Wildman–Crippen LogP) is 3.43.